The molecule has 116 valence electrons. The fourth-order valence-corrected chi connectivity index (χ4v) is 2.20. The second-order valence-electron chi connectivity index (χ2n) is 5.07. The number of para-hydroxylation sites is 1. The number of ether oxygens (including phenoxy) is 1. The summed E-state index contributed by atoms with van der Waals surface area (Å²) in [6.07, 6.45) is 4.35. The number of amides is 1. The van der Waals surface area contributed by atoms with E-state index in [4.69, 9.17) is 4.74 Å². The fraction of sp³-hybridized carbons (Fsp3) is 0.167. The highest BCUT2D eigenvalue weighted by Crippen LogP contribution is 2.15. The molecular formula is C18H17N3O2. The van der Waals surface area contributed by atoms with Gasteiger partial charge in [-0.25, -0.2) is 0 Å². The number of carbonyl (C=O) groups is 1. The van der Waals surface area contributed by atoms with Crippen LogP contribution in [0.3, 0.4) is 0 Å². The Bertz CT molecular complexity index is 790. The minimum absolute atomic E-state index is 0.0371. The van der Waals surface area contributed by atoms with Crippen molar-refractivity contribution in [2.75, 3.05) is 11.9 Å². The molecule has 1 aromatic heterocycles. The molecule has 0 fully saturated rings. The lowest BCUT2D eigenvalue weighted by Gasteiger charge is -2.07. The monoisotopic (exact) mass is 307 g/mol. The van der Waals surface area contributed by atoms with Gasteiger partial charge in [-0.1, -0.05) is 18.2 Å². The molecule has 0 spiro atoms. The van der Waals surface area contributed by atoms with E-state index >= 15 is 0 Å². The summed E-state index contributed by atoms with van der Waals surface area (Å²) in [6, 6.07) is 15.1. The first-order valence-corrected chi connectivity index (χ1v) is 7.50. The maximum Gasteiger partial charge on any atom is 0.224 e. The van der Waals surface area contributed by atoms with Crippen molar-refractivity contribution in [3.63, 3.8) is 0 Å². The van der Waals surface area contributed by atoms with E-state index < -0.39 is 0 Å². The molecule has 0 aliphatic carbocycles. The molecule has 1 heterocycles. The lowest BCUT2D eigenvalue weighted by atomic mass is 10.2. The molecule has 2 aromatic carbocycles. The van der Waals surface area contributed by atoms with Crippen LogP contribution in [0.25, 0.3) is 11.0 Å². The van der Waals surface area contributed by atoms with Gasteiger partial charge < -0.3 is 10.1 Å². The zero-order valence-electron chi connectivity index (χ0n) is 12.6. The highest BCUT2D eigenvalue weighted by molar-refractivity contribution is 5.92. The molecular weight excluding hydrogens is 290 g/mol. The smallest absolute Gasteiger partial charge is 0.224 e. The number of nitrogens with one attached hydrogen (secondary N) is 1. The summed E-state index contributed by atoms with van der Waals surface area (Å²) in [5.41, 5.74) is 2.30. The zero-order chi connectivity index (χ0) is 15.9. The first-order chi connectivity index (χ1) is 11.3. The summed E-state index contributed by atoms with van der Waals surface area (Å²) >= 11 is 0. The van der Waals surface area contributed by atoms with Crippen molar-refractivity contribution in [2.45, 2.75) is 12.8 Å². The van der Waals surface area contributed by atoms with E-state index in [0.29, 0.717) is 19.4 Å². The third-order valence-electron chi connectivity index (χ3n) is 3.31. The third-order valence-corrected chi connectivity index (χ3v) is 3.31. The van der Waals surface area contributed by atoms with Gasteiger partial charge in [-0.2, -0.15) is 0 Å². The third kappa shape index (κ3) is 4.26. The molecule has 0 unspecified atom stereocenters. The molecule has 0 saturated heterocycles. The first-order valence-electron chi connectivity index (χ1n) is 7.50. The number of fused-ring (bicyclic) bond motifs is 1. The minimum atomic E-state index is -0.0371. The molecule has 23 heavy (non-hydrogen) atoms. The Morgan fingerprint density at radius 2 is 1.78 bits per heavy atom. The van der Waals surface area contributed by atoms with Crippen LogP contribution in [0.4, 0.5) is 5.69 Å². The Labute approximate surface area is 134 Å². The Hall–Kier alpha value is -2.95. The molecule has 5 heteroatoms. The Morgan fingerprint density at radius 3 is 2.61 bits per heavy atom. The highest BCUT2D eigenvalue weighted by atomic mass is 16.5. The van der Waals surface area contributed by atoms with Crippen LogP contribution in [0.5, 0.6) is 5.75 Å². The maximum atomic E-state index is 12.0. The van der Waals surface area contributed by atoms with Crippen molar-refractivity contribution in [1.29, 1.82) is 0 Å². The summed E-state index contributed by atoms with van der Waals surface area (Å²) in [6.45, 7) is 0.515. The highest BCUT2D eigenvalue weighted by Gasteiger charge is 2.04. The lowest BCUT2D eigenvalue weighted by molar-refractivity contribution is -0.116. The summed E-state index contributed by atoms with van der Waals surface area (Å²) in [5.74, 6) is 0.783. The van der Waals surface area contributed by atoms with Gasteiger partial charge in [-0.15, -0.1) is 0 Å². The van der Waals surface area contributed by atoms with Gasteiger partial charge >= 0.3 is 0 Å². The molecule has 0 aliphatic heterocycles. The van der Waals surface area contributed by atoms with Crippen LogP contribution in [0.15, 0.2) is 60.9 Å². The molecule has 0 aliphatic rings. The van der Waals surface area contributed by atoms with Gasteiger partial charge in [0.15, 0.2) is 0 Å². The van der Waals surface area contributed by atoms with Crippen LogP contribution in [-0.2, 0) is 4.79 Å². The van der Waals surface area contributed by atoms with E-state index in [-0.39, 0.29) is 5.91 Å². The second kappa shape index (κ2) is 7.35. The molecule has 1 amide bonds. The van der Waals surface area contributed by atoms with E-state index in [1.54, 1.807) is 12.4 Å². The number of hydrogen-bond acceptors (Lipinski definition) is 4. The molecule has 5 nitrogen and oxygen atoms in total. The van der Waals surface area contributed by atoms with Crippen molar-refractivity contribution in [1.82, 2.24) is 9.97 Å². The number of benzene rings is 2. The van der Waals surface area contributed by atoms with Gasteiger partial charge in [-0.05, 0) is 36.8 Å². The van der Waals surface area contributed by atoms with E-state index in [0.717, 1.165) is 22.5 Å². The average molecular weight is 307 g/mol. The molecule has 3 rings (SSSR count). The van der Waals surface area contributed by atoms with Crippen LogP contribution >= 0.6 is 0 Å². The van der Waals surface area contributed by atoms with Crippen molar-refractivity contribution in [3.05, 3.63) is 60.9 Å². The zero-order valence-corrected chi connectivity index (χ0v) is 12.6. The Morgan fingerprint density at radius 1 is 1.00 bits per heavy atom. The van der Waals surface area contributed by atoms with Crippen LogP contribution in [0.1, 0.15) is 12.8 Å². The fourth-order valence-electron chi connectivity index (χ4n) is 2.20. The van der Waals surface area contributed by atoms with Crippen molar-refractivity contribution in [3.8, 4) is 5.75 Å². The molecule has 0 radical (unpaired) electrons. The number of anilines is 1. The quantitative estimate of drug-likeness (QED) is 0.709. The van der Waals surface area contributed by atoms with Gasteiger partial charge in [0.2, 0.25) is 5.91 Å². The largest absolute Gasteiger partial charge is 0.494 e. The van der Waals surface area contributed by atoms with Gasteiger partial charge in [-0.3, -0.25) is 14.8 Å². The molecule has 1 N–H and O–H groups in total. The first kappa shape index (κ1) is 15.0. The molecule has 0 saturated carbocycles. The SMILES string of the molecule is O=C(CCCOc1ccccc1)Nc1ccc2nccnc2c1. The average Bonchev–Trinajstić information content (AvgIpc) is 2.59. The standard InChI is InChI=1S/C18H17N3O2/c22-18(7-4-12-23-15-5-2-1-3-6-15)21-14-8-9-16-17(13-14)20-11-10-19-16/h1-3,5-6,8-11,13H,4,7,12H2,(H,21,22). The van der Waals surface area contributed by atoms with E-state index in [1.807, 2.05) is 48.5 Å². The normalized spacial score (nSPS) is 10.4. The van der Waals surface area contributed by atoms with E-state index in [9.17, 15) is 4.79 Å². The number of nitrogens with zero attached hydrogens (tertiary/aromatic N) is 2. The minimum Gasteiger partial charge on any atom is -0.494 e. The second-order valence-corrected chi connectivity index (χ2v) is 5.07. The molecule has 0 bridgehead atoms. The van der Waals surface area contributed by atoms with Gasteiger partial charge in [0.1, 0.15) is 5.75 Å². The summed E-state index contributed by atoms with van der Waals surface area (Å²) < 4.78 is 5.57. The summed E-state index contributed by atoms with van der Waals surface area (Å²) in [7, 11) is 0. The van der Waals surface area contributed by atoms with Gasteiger partial charge in [0, 0.05) is 24.5 Å². The number of aromatic nitrogens is 2. The molecule has 3 aromatic rings. The summed E-state index contributed by atoms with van der Waals surface area (Å²) in [5, 5.41) is 2.87. The topological polar surface area (TPSA) is 64.1 Å². The number of carbonyl (C=O) groups excluding carboxylic acids is 1. The van der Waals surface area contributed by atoms with Crippen molar-refractivity contribution < 1.29 is 9.53 Å². The van der Waals surface area contributed by atoms with E-state index in [1.165, 1.54) is 0 Å². The van der Waals surface area contributed by atoms with Crippen LogP contribution in [0.2, 0.25) is 0 Å². The predicted octanol–water partition coefficient (Wildman–Crippen LogP) is 3.43. The van der Waals surface area contributed by atoms with Crippen molar-refractivity contribution in [2.24, 2.45) is 0 Å². The lowest BCUT2D eigenvalue weighted by Crippen LogP contribution is -2.12. The molecule has 0 atom stereocenters. The van der Waals surface area contributed by atoms with Gasteiger partial charge in [0.05, 0.1) is 17.6 Å². The van der Waals surface area contributed by atoms with Crippen molar-refractivity contribution >= 4 is 22.6 Å². The van der Waals surface area contributed by atoms with Crippen LogP contribution in [-0.4, -0.2) is 22.5 Å². The predicted molar refractivity (Wildman–Crippen MR) is 89.3 cm³/mol. The van der Waals surface area contributed by atoms with Crippen LogP contribution in [0, 0.1) is 0 Å². The van der Waals surface area contributed by atoms with Crippen LogP contribution < -0.4 is 10.1 Å². The van der Waals surface area contributed by atoms with E-state index in [2.05, 4.69) is 15.3 Å². The Kier molecular flexibility index (Phi) is 4.79. The number of rotatable bonds is 6. The number of hydrogen-bond donors (Lipinski definition) is 1. The summed E-state index contributed by atoms with van der Waals surface area (Å²) in [4.78, 5) is 20.4. The maximum absolute atomic E-state index is 12.0. The Balaban J connectivity index is 1.46. The van der Waals surface area contributed by atoms with Gasteiger partial charge in [0.25, 0.3) is 0 Å².